The maximum atomic E-state index is 13.4. The standard InChI is InChI=1S/C77H135NO13/c1-3-5-7-9-11-13-15-17-19-21-23-25-27-29-31-33-35-37-39-41-43-45-47-49-51-53-55-57-59-61-69(82)78-65(64-88-76-74(87)72(85)75(68(63-80)90-76)91-77-73(86)71(84)70(83)67(62-79)89-77)66(81)60-58-56-54-52-50-48-46-44-42-40-38-36-34-32-30-28-26-24-22-20-18-16-14-12-10-8-6-4-2/h5,7,11,13,17,19,23,25,29,31,35,37,41,43,47,49,65-68,70-77,79-81,83-87H,3-4,6,8-10,12,14-16,18,20-22,24,26-28,30,32-34,36,38-40,42,44-46,48,50-64H2,1-2H3,(H,78,82)/b7-5-,13-11-,19-17-,25-23-,31-29-,37-35-,43-41-,49-47-. The molecule has 0 bridgehead atoms. The van der Waals surface area contributed by atoms with E-state index in [9.17, 15) is 45.6 Å². The molecule has 2 aliphatic heterocycles. The smallest absolute Gasteiger partial charge is 0.220 e. The number of allylic oxidation sites excluding steroid dienone is 16. The van der Waals surface area contributed by atoms with Gasteiger partial charge in [0.1, 0.15) is 48.8 Å². The van der Waals surface area contributed by atoms with Crippen LogP contribution in [0, 0.1) is 0 Å². The highest BCUT2D eigenvalue weighted by Crippen LogP contribution is 2.30. The highest BCUT2D eigenvalue weighted by Gasteiger charge is 2.51. The zero-order valence-corrected chi connectivity index (χ0v) is 57.3. The molecule has 12 atom stereocenters. The molecule has 0 aromatic carbocycles. The molecule has 0 aromatic heterocycles. The number of hydrogen-bond acceptors (Lipinski definition) is 13. The Morgan fingerprint density at radius 1 is 0.407 bits per heavy atom. The van der Waals surface area contributed by atoms with Crippen molar-refractivity contribution in [2.45, 2.75) is 364 Å². The fourth-order valence-corrected chi connectivity index (χ4v) is 11.7. The van der Waals surface area contributed by atoms with Gasteiger partial charge in [0.25, 0.3) is 0 Å². The van der Waals surface area contributed by atoms with Gasteiger partial charge in [-0.05, 0) is 77.0 Å². The minimum Gasteiger partial charge on any atom is -0.394 e. The van der Waals surface area contributed by atoms with Crippen molar-refractivity contribution in [3.63, 3.8) is 0 Å². The third kappa shape index (κ3) is 44.3. The van der Waals surface area contributed by atoms with Gasteiger partial charge in [0.05, 0.1) is 32.0 Å². The Hall–Kier alpha value is -3.09. The summed E-state index contributed by atoms with van der Waals surface area (Å²) in [6.07, 6.45) is 68.5. The van der Waals surface area contributed by atoms with Gasteiger partial charge >= 0.3 is 0 Å². The average Bonchev–Trinajstić information content (AvgIpc) is 1.06. The maximum Gasteiger partial charge on any atom is 0.220 e. The lowest BCUT2D eigenvalue weighted by molar-refractivity contribution is -0.359. The minimum absolute atomic E-state index is 0.231. The average molecular weight is 1280 g/mol. The van der Waals surface area contributed by atoms with Crippen molar-refractivity contribution in [1.29, 1.82) is 0 Å². The van der Waals surface area contributed by atoms with E-state index < -0.39 is 86.8 Å². The molecule has 14 heteroatoms. The molecule has 526 valence electrons. The summed E-state index contributed by atoms with van der Waals surface area (Å²) in [5, 5.41) is 87.7. The molecule has 0 radical (unpaired) electrons. The van der Waals surface area contributed by atoms with Gasteiger partial charge in [-0.25, -0.2) is 0 Å². The van der Waals surface area contributed by atoms with Gasteiger partial charge in [-0.3, -0.25) is 4.79 Å². The van der Waals surface area contributed by atoms with Gasteiger partial charge in [0, 0.05) is 6.42 Å². The summed E-state index contributed by atoms with van der Waals surface area (Å²) in [5.74, 6) is -0.231. The van der Waals surface area contributed by atoms with E-state index in [0.29, 0.717) is 12.8 Å². The molecule has 2 saturated heterocycles. The van der Waals surface area contributed by atoms with Crippen LogP contribution in [0.3, 0.4) is 0 Å². The van der Waals surface area contributed by atoms with E-state index in [1.807, 2.05) is 0 Å². The van der Waals surface area contributed by atoms with Crippen LogP contribution in [0.2, 0.25) is 0 Å². The Kier molecular flexibility index (Phi) is 55.9. The van der Waals surface area contributed by atoms with Gasteiger partial charge in [0.15, 0.2) is 12.6 Å². The summed E-state index contributed by atoms with van der Waals surface area (Å²) in [5.41, 5.74) is 0. The number of ether oxygens (including phenoxy) is 4. The summed E-state index contributed by atoms with van der Waals surface area (Å²) in [4.78, 5) is 13.4. The second-order valence-corrected chi connectivity index (χ2v) is 25.7. The van der Waals surface area contributed by atoms with Gasteiger partial charge < -0.3 is 65.1 Å². The van der Waals surface area contributed by atoms with Gasteiger partial charge in [-0.1, -0.05) is 304 Å². The molecule has 2 aliphatic rings. The van der Waals surface area contributed by atoms with E-state index in [0.717, 1.165) is 103 Å². The van der Waals surface area contributed by atoms with Crippen molar-refractivity contribution < 1.29 is 64.6 Å². The first-order chi connectivity index (χ1) is 44.6. The first-order valence-corrected chi connectivity index (χ1v) is 37.0. The van der Waals surface area contributed by atoms with Gasteiger partial charge in [-0.15, -0.1) is 0 Å². The first-order valence-electron chi connectivity index (χ1n) is 37.0. The molecule has 91 heavy (non-hydrogen) atoms. The number of rotatable bonds is 60. The predicted molar refractivity (Wildman–Crippen MR) is 373 cm³/mol. The first kappa shape index (κ1) is 84.0. The zero-order chi connectivity index (χ0) is 65.9. The summed E-state index contributed by atoms with van der Waals surface area (Å²) >= 11 is 0. The predicted octanol–water partition coefficient (Wildman–Crippen LogP) is 15.7. The van der Waals surface area contributed by atoms with Crippen LogP contribution in [-0.4, -0.2) is 140 Å². The van der Waals surface area contributed by atoms with Crippen LogP contribution in [0.1, 0.15) is 290 Å². The Balaban J connectivity index is 1.68. The molecule has 0 saturated carbocycles. The van der Waals surface area contributed by atoms with Crippen LogP contribution in [0.4, 0.5) is 0 Å². The molecule has 9 N–H and O–H groups in total. The highest BCUT2D eigenvalue weighted by molar-refractivity contribution is 5.76. The van der Waals surface area contributed by atoms with Crippen molar-refractivity contribution in [2.75, 3.05) is 19.8 Å². The topological polar surface area (TPSA) is 228 Å². The summed E-state index contributed by atoms with van der Waals surface area (Å²) < 4.78 is 22.9. The second-order valence-electron chi connectivity index (χ2n) is 25.7. The molecule has 0 aromatic rings. The Bertz CT molecular complexity index is 1900. The van der Waals surface area contributed by atoms with Crippen molar-refractivity contribution in [3.8, 4) is 0 Å². The molecule has 0 spiro atoms. The Morgan fingerprint density at radius 3 is 1.16 bits per heavy atom. The summed E-state index contributed by atoms with van der Waals surface area (Å²) in [6, 6.07) is -0.852. The lowest BCUT2D eigenvalue weighted by atomic mass is 9.97. The number of carbonyl (C=O) groups excluding carboxylic acids is 1. The third-order valence-corrected chi connectivity index (χ3v) is 17.6. The number of hydrogen-bond donors (Lipinski definition) is 9. The Morgan fingerprint density at radius 2 is 0.758 bits per heavy atom. The van der Waals surface area contributed by atoms with E-state index in [4.69, 9.17) is 18.9 Å². The number of nitrogens with one attached hydrogen (secondary N) is 1. The molecule has 2 rings (SSSR count). The van der Waals surface area contributed by atoms with Gasteiger partial charge in [-0.2, -0.15) is 0 Å². The van der Waals surface area contributed by atoms with Crippen LogP contribution >= 0.6 is 0 Å². The van der Waals surface area contributed by atoms with Crippen LogP contribution < -0.4 is 5.32 Å². The lowest BCUT2D eigenvalue weighted by Gasteiger charge is -2.46. The van der Waals surface area contributed by atoms with Gasteiger partial charge in [0.2, 0.25) is 5.91 Å². The van der Waals surface area contributed by atoms with Crippen LogP contribution in [0.5, 0.6) is 0 Å². The van der Waals surface area contributed by atoms with Crippen LogP contribution in [0.25, 0.3) is 0 Å². The quantitative estimate of drug-likeness (QED) is 0.0204. The fraction of sp³-hybridized carbons (Fsp3) is 0.779. The van der Waals surface area contributed by atoms with Crippen molar-refractivity contribution >= 4 is 5.91 Å². The highest BCUT2D eigenvalue weighted by atomic mass is 16.7. The number of carbonyl (C=O) groups is 1. The van der Waals surface area contributed by atoms with E-state index in [2.05, 4.69) is 116 Å². The second kappa shape index (κ2) is 60.6. The Labute approximate surface area is 553 Å². The molecule has 12 unspecified atom stereocenters. The largest absolute Gasteiger partial charge is 0.394 e. The van der Waals surface area contributed by atoms with Crippen molar-refractivity contribution in [2.24, 2.45) is 0 Å². The monoisotopic (exact) mass is 1280 g/mol. The molecule has 1 amide bonds. The SMILES string of the molecule is CC/C=C\C/C=C\C/C=C\C/C=C\C/C=C\C/C=C\C/C=C\C/C=C\CCCCCCC(=O)NC(COC1OC(CO)C(OC2OC(CO)C(O)C(O)C2O)C(O)C1O)C(O)CCCCCCCCCCCCCCCCCCCCCCCCCCCCCC. The number of aliphatic hydroxyl groups excluding tert-OH is 8. The molecule has 14 nitrogen and oxygen atoms in total. The fourth-order valence-electron chi connectivity index (χ4n) is 11.7. The van der Waals surface area contributed by atoms with Crippen LogP contribution in [-0.2, 0) is 23.7 Å². The summed E-state index contributed by atoms with van der Waals surface area (Å²) in [6.45, 7) is 2.76. The summed E-state index contributed by atoms with van der Waals surface area (Å²) in [7, 11) is 0. The van der Waals surface area contributed by atoms with E-state index in [-0.39, 0.29) is 18.9 Å². The van der Waals surface area contributed by atoms with Crippen LogP contribution in [0.15, 0.2) is 97.2 Å². The molecular weight excluding hydrogens is 1150 g/mol. The van der Waals surface area contributed by atoms with E-state index >= 15 is 0 Å². The molecular formula is C77H135NO13. The van der Waals surface area contributed by atoms with E-state index in [1.165, 1.54) is 154 Å². The number of unbranched alkanes of at least 4 members (excludes halogenated alkanes) is 31. The number of amides is 1. The van der Waals surface area contributed by atoms with E-state index in [1.54, 1.807) is 0 Å². The minimum atomic E-state index is -1.79. The third-order valence-electron chi connectivity index (χ3n) is 17.6. The van der Waals surface area contributed by atoms with Crippen molar-refractivity contribution in [1.82, 2.24) is 5.32 Å². The molecule has 0 aliphatic carbocycles. The maximum absolute atomic E-state index is 13.4. The lowest BCUT2D eigenvalue weighted by Crippen LogP contribution is -2.65. The zero-order valence-electron chi connectivity index (χ0n) is 57.3. The normalized spacial score (nSPS) is 23.4. The molecule has 2 heterocycles. The molecule has 2 fully saturated rings. The number of aliphatic hydroxyl groups is 8. The van der Waals surface area contributed by atoms with Crippen molar-refractivity contribution in [3.05, 3.63) is 97.2 Å².